The number of rotatable bonds is 9. The van der Waals surface area contributed by atoms with Crippen molar-refractivity contribution in [1.82, 2.24) is 14.5 Å². The minimum atomic E-state index is -3.65. The molecule has 0 aromatic heterocycles. The molecular formula is C27H35Cl2FN4O3S. The Morgan fingerprint density at radius 3 is 2.29 bits per heavy atom. The van der Waals surface area contributed by atoms with E-state index >= 15 is 0 Å². The molecule has 0 bridgehead atoms. The van der Waals surface area contributed by atoms with E-state index in [4.69, 9.17) is 23.2 Å². The van der Waals surface area contributed by atoms with Gasteiger partial charge in [-0.15, -0.1) is 0 Å². The summed E-state index contributed by atoms with van der Waals surface area (Å²) in [5, 5.41) is 4.17. The summed E-state index contributed by atoms with van der Waals surface area (Å²) in [5.74, 6) is -0.324. The number of nitrogens with one attached hydrogen (secondary N) is 1. The van der Waals surface area contributed by atoms with Crippen LogP contribution in [0.4, 0.5) is 10.1 Å². The molecule has 0 unspecified atom stereocenters. The molecule has 11 heteroatoms. The van der Waals surface area contributed by atoms with E-state index in [1.807, 2.05) is 12.1 Å². The molecule has 0 spiro atoms. The zero-order valence-electron chi connectivity index (χ0n) is 21.6. The van der Waals surface area contributed by atoms with Crippen molar-refractivity contribution < 1.29 is 17.6 Å². The molecule has 4 rings (SSSR count). The first-order chi connectivity index (χ1) is 18.1. The van der Waals surface area contributed by atoms with Gasteiger partial charge in [0.25, 0.3) is 0 Å². The molecule has 2 aromatic rings. The van der Waals surface area contributed by atoms with Crippen LogP contribution < -0.4 is 10.2 Å². The number of hydrogen-bond acceptors (Lipinski definition) is 5. The van der Waals surface area contributed by atoms with E-state index in [-0.39, 0.29) is 22.8 Å². The SMILES string of the molecule is CN(C1CCN(CCCNC(=O)C2CCN(c3ccc(Cl)c(Cl)c3)CC2)CC1)S(=O)(=O)c1ccc(F)cc1. The van der Waals surface area contributed by atoms with Crippen LogP contribution in [0.2, 0.25) is 10.0 Å². The number of sulfonamides is 1. The average molecular weight is 586 g/mol. The Hall–Kier alpha value is -1.91. The van der Waals surface area contributed by atoms with Crippen LogP contribution in [-0.4, -0.2) is 75.9 Å². The summed E-state index contributed by atoms with van der Waals surface area (Å²) in [6.45, 7) is 4.69. The fourth-order valence-electron chi connectivity index (χ4n) is 5.22. The van der Waals surface area contributed by atoms with Crippen molar-refractivity contribution >= 4 is 44.8 Å². The van der Waals surface area contributed by atoms with Crippen molar-refractivity contribution in [3.8, 4) is 0 Å². The standard InChI is InChI=1S/C27H35Cl2FN4O3S/c1-32(38(36,37)24-6-3-21(30)4-7-24)22-11-15-33(16-12-22)14-2-13-31-27(35)20-9-17-34(18-10-20)23-5-8-25(28)26(29)19-23/h3-8,19-20,22H,2,9-18H2,1H3,(H,31,35). The molecular weight excluding hydrogens is 550 g/mol. The summed E-state index contributed by atoms with van der Waals surface area (Å²) in [6.07, 6.45) is 3.92. The first-order valence-electron chi connectivity index (χ1n) is 13.1. The van der Waals surface area contributed by atoms with E-state index in [1.54, 1.807) is 13.1 Å². The maximum atomic E-state index is 13.2. The Morgan fingerprint density at radius 1 is 1.00 bits per heavy atom. The molecule has 2 heterocycles. The first kappa shape index (κ1) is 29.1. The van der Waals surface area contributed by atoms with Gasteiger partial charge in [-0.2, -0.15) is 4.31 Å². The maximum absolute atomic E-state index is 13.2. The minimum Gasteiger partial charge on any atom is -0.371 e. The number of nitrogens with zero attached hydrogens (tertiary/aromatic N) is 3. The van der Waals surface area contributed by atoms with Gasteiger partial charge in [0.2, 0.25) is 15.9 Å². The molecule has 0 atom stereocenters. The second-order valence-corrected chi connectivity index (χ2v) is 12.9. The highest BCUT2D eigenvalue weighted by atomic mass is 35.5. The van der Waals surface area contributed by atoms with Crippen LogP contribution in [0.25, 0.3) is 0 Å². The van der Waals surface area contributed by atoms with E-state index in [9.17, 15) is 17.6 Å². The molecule has 208 valence electrons. The van der Waals surface area contributed by atoms with E-state index < -0.39 is 15.8 Å². The van der Waals surface area contributed by atoms with E-state index in [0.717, 1.165) is 70.5 Å². The molecule has 2 fully saturated rings. The molecule has 0 aliphatic carbocycles. The maximum Gasteiger partial charge on any atom is 0.243 e. The summed E-state index contributed by atoms with van der Waals surface area (Å²) in [4.78, 5) is 17.3. The van der Waals surface area contributed by atoms with Gasteiger partial charge in [0.05, 0.1) is 14.9 Å². The van der Waals surface area contributed by atoms with Crippen molar-refractivity contribution in [2.75, 3.05) is 51.2 Å². The number of piperidine rings is 2. The fraction of sp³-hybridized carbons (Fsp3) is 0.519. The van der Waals surface area contributed by atoms with Crippen LogP contribution in [0.1, 0.15) is 32.1 Å². The lowest BCUT2D eigenvalue weighted by Gasteiger charge is -2.36. The lowest BCUT2D eigenvalue weighted by molar-refractivity contribution is -0.125. The second kappa shape index (κ2) is 13.0. The van der Waals surface area contributed by atoms with Gasteiger partial charge in [0, 0.05) is 44.3 Å². The fourth-order valence-corrected chi connectivity index (χ4v) is 6.92. The molecule has 0 radical (unpaired) electrons. The number of carbonyl (C=O) groups excluding carboxylic acids is 1. The summed E-state index contributed by atoms with van der Waals surface area (Å²) in [5.41, 5.74) is 1.03. The zero-order chi connectivity index (χ0) is 27.3. The van der Waals surface area contributed by atoms with Crippen molar-refractivity contribution in [3.05, 3.63) is 58.3 Å². The predicted octanol–water partition coefficient (Wildman–Crippen LogP) is 4.64. The van der Waals surface area contributed by atoms with Crippen molar-refractivity contribution in [1.29, 1.82) is 0 Å². The van der Waals surface area contributed by atoms with Crippen LogP contribution in [0.5, 0.6) is 0 Å². The average Bonchev–Trinajstić information content (AvgIpc) is 2.93. The Balaban J connectivity index is 1.13. The normalized spacial score (nSPS) is 18.2. The molecule has 1 amide bonds. The van der Waals surface area contributed by atoms with Gasteiger partial charge in [-0.05, 0) is 94.2 Å². The highest BCUT2D eigenvalue weighted by molar-refractivity contribution is 7.89. The molecule has 2 aromatic carbocycles. The molecule has 2 aliphatic rings. The van der Waals surface area contributed by atoms with Gasteiger partial charge in [-0.1, -0.05) is 23.2 Å². The van der Waals surface area contributed by atoms with Gasteiger partial charge in [0.1, 0.15) is 5.82 Å². The van der Waals surface area contributed by atoms with Crippen LogP contribution >= 0.6 is 23.2 Å². The van der Waals surface area contributed by atoms with Gasteiger partial charge >= 0.3 is 0 Å². The highest BCUT2D eigenvalue weighted by Crippen LogP contribution is 2.30. The summed E-state index contributed by atoms with van der Waals surface area (Å²) >= 11 is 12.2. The highest BCUT2D eigenvalue weighted by Gasteiger charge is 2.31. The largest absolute Gasteiger partial charge is 0.371 e. The number of anilines is 1. The first-order valence-corrected chi connectivity index (χ1v) is 15.3. The third kappa shape index (κ3) is 7.18. The Kier molecular flexibility index (Phi) is 9.92. The molecule has 2 aliphatic heterocycles. The summed E-state index contributed by atoms with van der Waals surface area (Å²) in [6, 6.07) is 10.5. The van der Waals surface area contributed by atoms with Gasteiger partial charge in [0.15, 0.2) is 0 Å². The number of halogens is 3. The number of hydrogen-bond donors (Lipinski definition) is 1. The third-order valence-electron chi connectivity index (χ3n) is 7.65. The van der Waals surface area contributed by atoms with Gasteiger partial charge < -0.3 is 15.1 Å². The summed E-state index contributed by atoms with van der Waals surface area (Å²) in [7, 11) is -2.05. The number of likely N-dealkylation sites (tertiary alicyclic amines) is 1. The minimum absolute atomic E-state index is 0.0170. The quantitative estimate of drug-likeness (QED) is 0.435. The molecule has 38 heavy (non-hydrogen) atoms. The van der Waals surface area contributed by atoms with E-state index in [2.05, 4.69) is 15.1 Å². The molecule has 7 nitrogen and oxygen atoms in total. The van der Waals surface area contributed by atoms with Gasteiger partial charge in [-0.3, -0.25) is 4.79 Å². The van der Waals surface area contributed by atoms with Crippen LogP contribution in [0.15, 0.2) is 47.4 Å². The van der Waals surface area contributed by atoms with E-state index in [1.165, 1.54) is 28.6 Å². The topological polar surface area (TPSA) is 73.0 Å². The lowest BCUT2D eigenvalue weighted by atomic mass is 9.95. The monoisotopic (exact) mass is 584 g/mol. The Labute approximate surface area is 234 Å². The van der Waals surface area contributed by atoms with Crippen molar-refractivity contribution in [3.63, 3.8) is 0 Å². The van der Waals surface area contributed by atoms with Crippen LogP contribution in [0.3, 0.4) is 0 Å². The molecule has 0 saturated carbocycles. The predicted molar refractivity (Wildman–Crippen MR) is 150 cm³/mol. The number of carbonyl (C=O) groups is 1. The Bertz CT molecular complexity index is 1200. The smallest absolute Gasteiger partial charge is 0.243 e. The molecule has 2 saturated heterocycles. The van der Waals surface area contributed by atoms with Crippen LogP contribution in [-0.2, 0) is 14.8 Å². The van der Waals surface area contributed by atoms with Crippen LogP contribution in [0, 0.1) is 11.7 Å². The number of benzene rings is 2. The second-order valence-electron chi connectivity index (χ2n) is 10.1. The molecule has 1 N–H and O–H groups in total. The van der Waals surface area contributed by atoms with Crippen molar-refractivity contribution in [2.45, 2.75) is 43.0 Å². The van der Waals surface area contributed by atoms with Crippen molar-refractivity contribution in [2.24, 2.45) is 5.92 Å². The zero-order valence-corrected chi connectivity index (χ0v) is 23.9. The van der Waals surface area contributed by atoms with E-state index in [0.29, 0.717) is 16.6 Å². The number of amides is 1. The third-order valence-corrected chi connectivity index (χ3v) is 10.3. The summed E-state index contributed by atoms with van der Waals surface area (Å²) < 4.78 is 40.4. The Morgan fingerprint density at radius 2 is 1.66 bits per heavy atom. The van der Waals surface area contributed by atoms with Gasteiger partial charge in [-0.25, -0.2) is 12.8 Å². The lowest BCUT2D eigenvalue weighted by Crippen LogP contribution is -2.46.